The van der Waals surface area contributed by atoms with E-state index in [0.717, 1.165) is 0 Å². The van der Waals surface area contributed by atoms with Gasteiger partial charge in [-0.1, -0.05) is 0 Å². The fraction of sp³-hybridized carbons (Fsp3) is 0. The molecular formula is H6O3Tl2. The molecule has 0 spiro atoms. The van der Waals surface area contributed by atoms with Crippen molar-refractivity contribution in [2.75, 3.05) is 0 Å². The van der Waals surface area contributed by atoms with Crippen LogP contribution in [0.15, 0.2) is 0 Å². The standard InChI is InChI=1S/3H2O.2Tl/h3*1H2;;. The van der Waals surface area contributed by atoms with Gasteiger partial charge < -0.3 is 16.4 Å². The Morgan fingerprint density at radius 2 is 0.400 bits per heavy atom. The van der Waals surface area contributed by atoms with Gasteiger partial charge in [-0.25, -0.2) is 0 Å². The van der Waals surface area contributed by atoms with Gasteiger partial charge in [0.05, 0.1) is 0 Å². The van der Waals surface area contributed by atoms with Crippen LogP contribution in [0.3, 0.4) is 0 Å². The summed E-state index contributed by atoms with van der Waals surface area (Å²) in [6.45, 7) is 0. The second-order valence-corrected chi connectivity index (χ2v) is 0. The molecule has 3 nitrogen and oxygen atoms in total. The first-order chi connectivity index (χ1) is 0. The summed E-state index contributed by atoms with van der Waals surface area (Å²) in [7, 11) is 0. The molecule has 0 saturated heterocycles. The van der Waals surface area contributed by atoms with Crippen LogP contribution in [0.4, 0.5) is 0 Å². The van der Waals surface area contributed by atoms with Crippen LogP contribution in [-0.4, -0.2) is 71.0 Å². The number of hydrogen-bond donors (Lipinski definition) is 0. The molecule has 0 rings (SSSR count). The normalized spacial score (nSPS) is 0. The minimum Gasteiger partial charge on any atom is -0.412 e. The fourth-order valence-corrected chi connectivity index (χ4v) is 0. The average Bonchev–Trinajstić information content (AvgIpc) is 0. The Kier molecular flexibility index (Phi) is 637. The van der Waals surface area contributed by atoms with Crippen molar-refractivity contribution in [1.82, 2.24) is 0 Å². The van der Waals surface area contributed by atoms with Gasteiger partial charge in [0.15, 0.2) is 0 Å². The summed E-state index contributed by atoms with van der Waals surface area (Å²) < 4.78 is 0. The molecule has 0 aromatic carbocycles. The molecule has 0 fully saturated rings. The van der Waals surface area contributed by atoms with Crippen LogP contribution < -0.4 is 0 Å². The summed E-state index contributed by atoms with van der Waals surface area (Å²) in [6, 6.07) is 0. The molecule has 0 atom stereocenters. The summed E-state index contributed by atoms with van der Waals surface area (Å²) in [6.07, 6.45) is 0. The molecule has 6 N–H and O–H groups in total. The second kappa shape index (κ2) is 43.0. The van der Waals surface area contributed by atoms with E-state index in [1.165, 1.54) is 0 Å². The van der Waals surface area contributed by atoms with Crippen LogP contribution in [0, 0.1) is 0 Å². The van der Waals surface area contributed by atoms with Gasteiger partial charge in [-0.3, -0.25) is 0 Å². The van der Waals surface area contributed by atoms with E-state index >= 15 is 0 Å². The zero-order valence-electron chi connectivity index (χ0n) is 2.65. The van der Waals surface area contributed by atoms with Crippen LogP contribution >= 0.6 is 0 Å². The Labute approximate surface area is 70.4 Å². The van der Waals surface area contributed by atoms with Gasteiger partial charge >= 0.3 is 0 Å². The molecule has 5 heteroatoms. The topological polar surface area (TPSA) is 94.5 Å². The van der Waals surface area contributed by atoms with Crippen LogP contribution in [0.25, 0.3) is 0 Å². The predicted molar refractivity (Wildman–Crippen MR) is 22.3 cm³/mol. The average molecular weight is 463 g/mol. The maximum absolute atomic E-state index is 0. The smallest absolute Gasteiger partial charge is 0 e. The zero-order chi connectivity index (χ0) is 0. The number of rotatable bonds is 0. The molecule has 0 aliphatic rings. The van der Waals surface area contributed by atoms with E-state index in [-0.39, 0.29) is 71.0 Å². The summed E-state index contributed by atoms with van der Waals surface area (Å²) in [4.78, 5) is 0. The van der Waals surface area contributed by atoms with Gasteiger partial charge in [-0.05, 0) is 0 Å². The van der Waals surface area contributed by atoms with E-state index in [2.05, 4.69) is 0 Å². The first-order valence-corrected chi connectivity index (χ1v) is 0. The first kappa shape index (κ1) is 74.1. The van der Waals surface area contributed by atoms with Crippen LogP contribution in [-0.2, 0) is 0 Å². The quantitative estimate of drug-likeness (QED) is 0.339. The molecule has 5 heavy (non-hydrogen) atoms. The Balaban J connectivity index is 0. The van der Waals surface area contributed by atoms with Crippen molar-refractivity contribution in [3.05, 3.63) is 0 Å². The van der Waals surface area contributed by atoms with Gasteiger partial charge in [0.1, 0.15) is 0 Å². The van der Waals surface area contributed by atoms with Crippen molar-refractivity contribution < 1.29 is 16.4 Å². The van der Waals surface area contributed by atoms with Crippen molar-refractivity contribution in [2.24, 2.45) is 0 Å². The van der Waals surface area contributed by atoms with Gasteiger partial charge in [0.25, 0.3) is 0 Å². The summed E-state index contributed by atoms with van der Waals surface area (Å²) in [5, 5.41) is 0. The minimum absolute atomic E-state index is 0. The van der Waals surface area contributed by atoms with E-state index in [1.54, 1.807) is 0 Å². The van der Waals surface area contributed by atoms with Crippen molar-refractivity contribution in [1.29, 1.82) is 0 Å². The monoisotopic (exact) mass is 464 g/mol. The van der Waals surface area contributed by atoms with Crippen molar-refractivity contribution in [3.8, 4) is 0 Å². The molecular weight excluding hydrogens is 457 g/mol. The third kappa shape index (κ3) is 26.7. The van der Waals surface area contributed by atoms with Gasteiger partial charge in [0, 0.05) is 54.6 Å². The zero-order valence-corrected chi connectivity index (χ0v) is 11.6. The molecule has 0 amide bonds. The van der Waals surface area contributed by atoms with Crippen LogP contribution in [0.5, 0.6) is 0 Å². The van der Waals surface area contributed by atoms with Gasteiger partial charge in [-0.2, -0.15) is 0 Å². The molecule has 0 heterocycles. The Morgan fingerprint density at radius 3 is 0.400 bits per heavy atom. The number of hydrogen-bond acceptors (Lipinski definition) is 0. The molecule has 0 unspecified atom stereocenters. The molecule has 0 bridgehead atoms. The summed E-state index contributed by atoms with van der Waals surface area (Å²) in [5.41, 5.74) is 0. The van der Waals surface area contributed by atoms with E-state index < -0.39 is 0 Å². The van der Waals surface area contributed by atoms with E-state index in [1.807, 2.05) is 0 Å². The first-order valence-electron chi connectivity index (χ1n) is 0. The molecule has 30 valence electrons. The molecule has 0 aliphatic carbocycles. The maximum atomic E-state index is 0. The predicted octanol–water partition coefficient (Wildman–Crippen LogP) is -3.24. The Bertz CT molecular complexity index is 4.85. The molecule has 0 aromatic heterocycles. The van der Waals surface area contributed by atoms with Crippen molar-refractivity contribution in [3.63, 3.8) is 0 Å². The van der Waals surface area contributed by atoms with Crippen LogP contribution in [0.2, 0.25) is 0 Å². The molecule has 0 aliphatic heterocycles. The summed E-state index contributed by atoms with van der Waals surface area (Å²) in [5.74, 6) is 0. The third-order valence-corrected chi connectivity index (χ3v) is 0. The molecule has 0 aromatic rings. The molecule has 0 saturated carbocycles. The second-order valence-electron chi connectivity index (χ2n) is 0. The SMILES string of the molecule is O.O.O.[Tl].[Tl]. The van der Waals surface area contributed by atoms with Gasteiger partial charge in [-0.15, -0.1) is 0 Å². The Morgan fingerprint density at radius 1 is 0.400 bits per heavy atom. The summed E-state index contributed by atoms with van der Waals surface area (Å²) >= 11 is 0. The fourth-order valence-electron chi connectivity index (χ4n) is 0. The minimum atomic E-state index is 0. The van der Waals surface area contributed by atoms with Crippen LogP contribution in [0.1, 0.15) is 0 Å². The Hall–Kier alpha value is 1.72. The van der Waals surface area contributed by atoms with E-state index in [4.69, 9.17) is 0 Å². The van der Waals surface area contributed by atoms with Gasteiger partial charge in [0.2, 0.25) is 0 Å². The third-order valence-electron chi connectivity index (χ3n) is 0. The largest absolute Gasteiger partial charge is 0.412 e. The van der Waals surface area contributed by atoms with Crippen molar-refractivity contribution in [2.45, 2.75) is 0 Å². The molecule has 2 radical (unpaired) electrons. The van der Waals surface area contributed by atoms with Crippen molar-refractivity contribution >= 4 is 54.6 Å². The van der Waals surface area contributed by atoms with E-state index in [0.29, 0.717) is 0 Å². The maximum Gasteiger partial charge on any atom is 0 e. The van der Waals surface area contributed by atoms with E-state index in [9.17, 15) is 0 Å².